The number of nitrogens with one attached hydrogen (secondary N) is 1. The summed E-state index contributed by atoms with van der Waals surface area (Å²) in [5.74, 6) is -0.191. The molecule has 23 heavy (non-hydrogen) atoms. The number of rotatable bonds is 3. The summed E-state index contributed by atoms with van der Waals surface area (Å²) < 4.78 is 0. The van der Waals surface area contributed by atoms with Crippen molar-refractivity contribution in [1.82, 2.24) is 4.98 Å². The Bertz CT molecular complexity index is 733. The van der Waals surface area contributed by atoms with Crippen molar-refractivity contribution in [2.75, 3.05) is 0 Å². The van der Waals surface area contributed by atoms with Crippen molar-refractivity contribution >= 4 is 28.3 Å². The van der Waals surface area contributed by atoms with Gasteiger partial charge in [0.2, 0.25) is 0 Å². The highest BCUT2D eigenvalue weighted by atomic mass is 35.5. The minimum absolute atomic E-state index is 0.000988. The van der Waals surface area contributed by atoms with E-state index in [0.29, 0.717) is 17.4 Å². The molecule has 5 heteroatoms. The third-order valence-electron chi connectivity index (χ3n) is 4.09. The van der Waals surface area contributed by atoms with Gasteiger partial charge in [0.15, 0.2) is 0 Å². The third-order valence-corrected chi connectivity index (χ3v) is 4.32. The Morgan fingerprint density at radius 2 is 2.00 bits per heavy atom. The lowest BCUT2D eigenvalue weighted by Gasteiger charge is -2.10. The molecule has 2 aromatic rings. The van der Waals surface area contributed by atoms with Crippen LogP contribution in [0.15, 0.2) is 29.1 Å². The normalized spacial score (nSPS) is 14.5. The number of aromatic amines is 1. The van der Waals surface area contributed by atoms with Crippen LogP contribution in [0.2, 0.25) is 5.02 Å². The lowest BCUT2D eigenvalue weighted by Crippen LogP contribution is -2.11. The van der Waals surface area contributed by atoms with Gasteiger partial charge in [-0.2, -0.15) is 0 Å². The Morgan fingerprint density at radius 1 is 1.30 bits per heavy atom. The number of aliphatic carboxylic acids is 1. The number of carboxylic acid groups (broad SMARTS) is 1. The molecule has 0 saturated heterocycles. The van der Waals surface area contributed by atoms with Crippen LogP contribution in [0.4, 0.5) is 0 Å². The monoisotopic (exact) mass is 335 g/mol. The average molecular weight is 336 g/mol. The molecular formula is C18H22ClNO3. The van der Waals surface area contributed by atoms with Crippen LogP contribution in [-0.2, 0) is 4.79 Å². The van der Waals surface area contributed by atoms with Gasteiger partial charge in [-0.05, 0) is 54.8 Å². The number of fused-ring (bicyclic) bond motifs is 1. The second-order valence-corrected chi connectivity index (χ2v) is 6.35. The van der Waals surface area contributed by atoms with E-state index in [1.54, 1.807) is 12.1 Å². The van der Waals surface area contributed by atoms with Crippen molar-refractivity contribution < 1.29 is 9.90 Å². The maximum absolute atomic E-state index is 12.0. The lowest BCUT2D eigenvalue weighted by molar-refractivity contribution is -0.137. The minimum atomic E-state index is -0.711. The van der Waals surface area contributed by atoms with Gasteiger partial charge >= 0.3 is 5.97 Å². The standard InChI is InChI=1S/C14H14ClNO.C4H8O2/c15-11-5-6-12-10(7-11)8-13(16-14(12)17)9-3-1-2-4-9;1-2-3-4(5)6/h5-9H,1-4H2,(H,16,17);2-3H2,1H3,(H,5,6). The molecule has 1 aliphatic carbocycles. The molecule has 0 unspecified atom stereocenters. The van der Waals surface area contributed by atoms with Crippen LogP contribution in [0.5, 0.6) is 0 Å². The largest absolute Gasteiger partial charge is 0.481 e. The maximum atomic E-state index is 12.0. The van der Waals surface area contributed by atoms with Gasteiger partial charge in [0.25, 0.3) is 5.56 Å². The van der Waals surface area contributed by atoms with Gasteiger partial charge in [-0.1, -0.05) is 31.4 Å². The summed E-state index contributed by atoms with van der Waals surface area (Å²) in [5, 5.41) is 10.3. The summed E-state index contributed by atoms with van der Waals surface area (Å²) in [6.07, 6.45) is 5.92. The van der Waals surface area contributed by atoms with Crippen LogP contribution in [0.3, 0.4) is 0 Å². The molecule has 0 aliphatic heterocycles. The molecule has 1 aliphatic rings. The van der Waals surface area contributed by atoms with Crippen LogP contribution < -0.4 is 5.56 Å². The van der Waals surface area contributed by atoms with E-state index in [-0.39, 0.29) is 5.56 Å². The van der Waals surface area contributed by atoms with Crippen molar-refractivity contribution in [3.8, 4) is 0 Å². The minimum Gasteiger partial charge on any atom is -0.481 e. The number of hydrogen-bond donors (Lipinski definition) is 2. The van der Waals surface area contributed by atoms with E-state index in [1.807, 2.05) is 13.0 Å². The van der Waals surface area contributed by atoms with Gasteiger partial charge in [0.1, 0.15) is 0 Å². The van der Waals surface area contributed by atoms with Gasteiger partial charge in [-0.15, -0.1) is 0 Å². The number of benzene rings is 1. The first-order valence-electron chi connectivity index (χ1n) is 8.05. The molecule has 0 amide bonds. The van der Waals surface area contributed by atoms with Crippen molar-refractivity contribution in [2.45, 2.75) is 51.4 Å². The third kappa shape index (κ3) is 4.83. The number of carbonyl (C=O) groups is 1. The molecule has 0 radical (unpaired) electrons. The highest BCUT2D eigenvalue weighted by Crippen LogP contribution is 2.33. The van der Waals surface area contributed by atoms with E-state index in [4.69, 9.17) is 16.7 Å². The predicted octanol–water partition coefficient (Wildman–Crippen LogP) is 4.71. The van der Waals surface area contributed by atoms with Crippen molar-refractivity contribution in [3.63, 3.8) is 0 Å². The molecule has 0 atom stereocenters. The predicted molar refractivity (Wildman–Crippen MR) is 93.3 cm³/mol. The Hall–Kier alpha value is -1.81. The molecule has 1 fully saturated rings. The quantitative estimate of drug-likeness (QED) is 0.853. The van der Waals surface area contributed by atoms with E-state index < -0.39 is 5.97 Å². The number of carboxylic acids is 1. The molecule has 1 aromatic heterocycles. The number of aromatic nitrogens is 1. The molecule has 1 heterocycles. The van der Waals surface area contributed by atoms with E-state index in [9.17, 15) is 9.59 Å². The first-order valence-corrected chi connectivity index (χ1v) is 8.43. The van der Waals surface area contributed by atoms with Gasteiger partial charge in [0, 0.05) is 22.5 Å². The molecule has 2 N–H and O–H groups in total. The topological polar surface area (TPSA) is 70.2 Å². The number of H-pyrrole nitrogens is 1. The average Bonchev–Trinajstić information content (AvgIpc) is 3.01. The second kappa shape index (κ2) is 8.16. The molecule has 0 spiro atoms. The molecular weight excluding hydrogens is 314 g/mol. The van der Waals surface area contributed by atoms with Crippen molar-refractivity contribution in [2.24, 2.45) is 0 Å². The fourth-order valence-corrected chi connectivity index (χ4v) is 3.11. The summed E-state index contributed by atoms with van der Waals surface area (Å²) in [7, 11) is 0. The van der Waals surface area contributed by atoms with Gasteiger partial charge < -0.3 is 10.1 Å². The highest BCUT2D eigenvalue weighted by Gasteiger charge is 2.18. The van der Waals surface area contributed by atoms with Crippen LogP contribution in [0.1, 0.15) is 57.1 Å². The Balaban J connectivity index is 0.000000277. The van der Waals surface area contributed by atoms with Crippen LogP contribution in [0.25, 0.3) is 10.8 Å². The van der Waals surface area contributed by atoms with Crippen molar-refractivity contribution in [3.05, 3.63) is 45.3 Å². The summed E-state index contributed by atoms with van der Waals surface area (Å²) >= 11 is 5.97. The zero-order chi connectivity index (χ0) is 16.8. The number of hydrogen-bond acceptors (Lipinski definition) is 2. The van der Waals surface area contributed by atoms with Gasteiger partial charge in [-0.3, -0.25) is 9.59 Å². The van der Waals surface area contributed by atoms with E-state index in [1.165, 1.54) is 25.7 Å². The molecule has 1 aromatic carbocycles. The second-order valence-electron chi connectivity index (χ2n) is 5.91. The van der Waals surface area contributed by atoms with Gasteiger partial charge in [0.05, 0.1) is 0 Å². The molecule has 4 nitrogen and oxygen atoms in total. The zero-order valence-electron chi connectivity index (χ0n) is 13.3. The zero-order valence-corrected chi connectivity index (χ0v) is 14.0. The Morgan fingerprint density at radius 3 is 2.57 bits per heavy atom. The Kier molecular flexibility index (Phi) is 6.22. The summed E-state index contributed by atoms with van der Waals surface area (Å²) in [6.45, 7) is 1.84. The van der Waals surface area contributed by atoms with E-state index in [0.717, 1.165) is 22.9 Å². The Labute approximate surface area is 140 Å². The summed E-state index contributed by atoms with van der Waals surface area (Å²) in [4.78, 5) is 24.6. The fourth-order valence-electron chi connectivity index (χ4n) is 2.93. The number of pyridine rings is 1. The molecule has 1 saturated carbocycles. The molecule has 124 valence electrons. The van der Waals surface area contributed by atoms with Crippen molar-refractivity contribution in [1.29, 1.82) is 0 Å². The lowest BCUT2D eigenvalue weighted by atomic mass is 10.0. The van der Waals surface area contributed by atoms with E-state index in [2.05, 4.69) is 11.1 Å². The van der Waals surface area contributed by atoms with Crippen LogP contribution in [-0.4, -0.2) is 16.1 Å². The fraction of sp³-hybridized carbons (Fsp3) is 0.444. The molecule has 0 bridgehead atoms. The first kappa shape index (κ1) is 17.5. The van der Waals surface area contributed by atoms with Crippen LogP contribution >= 0.6 is 11.6 Å². The molecule has 3 rings (SSSR count). The smallest absolute Gasteiger partial charge is 0.303 e. The summed E-state index contributed by atoms with van der Waals surface area (Å²) in [6, 6.07) is 7.49. The maximum Gasteiger partial charge on any atom is 0.303 e. The first-order chi connectivity index (χ1) is 11.0. The van der Waals surface area contributed by atoms with E-state index >= 15 is 0 Å². The summed E-state index contributed by atoms with van der Waals surface area (Å²) in [5.41, 5.74) is 1.07. The SMILES string of the molecule is CCCC(=O)O.O=c1[nH]c(C2CCCC2)cc2cc(Cl)ccc12. The van der Waals surface area contributed by atoms with Crippen LogP contribution in [0, 0.1) is 0 Å². The highest BCUT2D eigenvalue weighted by molar-refractivity contribution is 6.31. The number of halogens is 1. The van der Waals surface area contributed by atoms with Gasteiger partial charge in [-0.25, -0.2) is 0 Å².